The number of nitrogens with one attached hydrogen (secondary N) is 1. The van der Waals surface area contributed by atoms with Gasteiger partial charge in [0.15, 0.2) is 0 Å². The molecule has 102 valence electrons. The predicted octanol–water partition coefficient (Wildman–Crippen LogP) is 0.950. The Morgan fingerprint density at radius 1 is 1.47 bits per heavy atom. The van der Waals surface area contributed by atoms with Crippen molar-refractivity contribution in [3.05, 3.63) is 34.4 Å². The largest absolute Gasteiger partial charge is 0.383 e. The Balaban J connectivity index is 2.01. The van der Waals surface area contributed by atoms with Crippen LogP contribution in [0.25, 0.3) is 0 Å². The van der Waals surface area contributed by atoms with Gasteiger partial charge in [0.2, 0.25) is 10.0 Å². The van der Waals surface area contributed by atoms with E-state index in [0.717, 1.165) is 10.7 Å². The summed E-state index contributed by atoms with van der Waals surface area (Å²) in [4.78, 5) is 8.04. The zero-order valence-electron chi connectivity index (χ0n) is 10.3. The lowest BCUT2D eigenvalue weighted by Gasteiger charge is -2.07. The van der Waals surface area contributed by atoms with Crippen LogP contribution >= 0.6 is 11.3 Å². The highest BCUT2D eigenvalue weighted by atomic mass is 32.2. The van der Waals surface area contributed by atoms with Gasteiger partial charge < -0.3 is 5.73 Å². The van der Waals surface area contributed by atoms with E-state index >= 15 is 0 Å². The lowest BCUT2D eigenvalue weighted by atomic mass is 10.4. The Morgan fingerprint density at radius 3 is 2.89 bits per heavy atom. The molecule has 0 bridgehead atoms. The van der Waals surface area contributed by atoms with E-state index in [2.05, 4.69) is 14.7 Å². The van der Waals surface area contributed by atoms with E-state index in [0.29, 0.717) is 6.42 Å². The second kappa shape index (κ2) is 5.64. The molecule has 0 saturated carbocycles. The SMILES string of the molecule is Cc1csc(CCNS(=O)(=O)c2cccnc2N)n1. The number of aryl methyl sites for hydroxylation is 1. The van der Waals surface area contributed by atoms with Crippen molar-refractivity contribution in [1.29, 1.82) is 0 Å². The minimum absolute atomic E-state index is 0.0000862. The summed E-state index contributed by atoms with van der Waals surface area (Å²) in [6.07, 6.45) is 2.00. The molecule has 19 heavy (non-hydrogen) atoms. The van der Waals surface area contributed by atoms with E-state index in [1.807, 2.05) is 12.3 Å². The van der Waals surface area contributed by atoms with Gasteiger partial charge in [0, 0.05) is 30.2 Å². The topological polar surface area (TPSA) is 98.0 Å². The number of hydrogen-bond acceptors (Lipinski definition) is 6. The highest BCUT2D eigenvalue weighted by Crippen LogP contribution is 2.14. The number of hydrogen-bond donors (Lipinski definition) is 2. The Hall–Kier alpha value is -1.51. The molecule has 0 atom stereocenters. The van der Waals surface area contributed by atoms with Crippen LogP contribution in [0.5, 0.6) is 0 Å². The highest BCUT2D eigenvalue weighted by Gasteiger charge is 2.17. The molecular weight excluding hydrogens is 284 g/mol. The van der Waals surface area contributed by atoms with E-state index in [1.165, 1.54) is 29.7 Å². The van der Waals surface area contributed by atoms with Crippen LogP contribution < -0.4 is 10.5 Å². The molecule has 6 nitrogen and oxygen atoms in total. The molecule has 0 aliphatic carbocycles. The van der Waals surface area contributed by atoms with Crippen molar-refractivity contribution in [2.75, 3.05) is 12.3 Å². The Kier molecular flexibility index (Phi) is 4.13. The summed E-state index contributed by atoms with van der Waals surface area (Å²) in [5, 5.41) is 2.84. The molecule has 0 saturated heterocycles. The average molecular weight is 298 g/mol. The predicted molar refractivity (Wildman–Crippen MR) is 74.4 cm³/mol. The van der Waals surface area contributed by atoms with Crippen LogP contribution in [0.2, 0.25) is 0 Å². The van der Waals surface area contributed by atoms with E-state index in [9.17, 15) is 8.42 Å². The molecule has 0 aliphatic heterocycles. The van der Waals surface area contributed by atoms with Gasteiger partial charge in [-0.1, -0.05) is 0 Å². The lowest BCUT2D eigenvalue weighted by Crippen LogP contribution is -2.27. The van der Waals surface area contributed by atoms with Crippen LogP contribution in [0.3, 0.4) is 0 Å². The van der Waals surface area contributed by atoms with Gasteiger partial charge >= 0.3 is 0 Å². The summed E-state index contributed by atoms with van der Waals surface area (Å²) in [6, 6.07) is 2.97. The van der Waals surface area contributed by atoms with Crippen molar-refractivity contribution in [2.45, 2.75) is 18.2 Å². The van der Waals surface area contributed by atoms with Crippen molar-refractivity contribution in [1.82, 2.24) is 14.7 Å². The van der Waals surface area contributed by atoms with Crippen LogP contribution in [0, 0.1) is 6.92 Å². The number of anilines is 1. The fraction of sp³-hybridized carbons (Fsp3) is 0.273. The second-order valence-electron chi connectivity index (χ2n) is 3.92. The summed E-state index contributed by atoms with van der Waals surface area (Å²) < 4.78 is 26.5. The average Bonchev–Trinajstić information content (AvgIpc) is 2.75. The third-order valence-electron chi connectivity index (χ3n) is 2.39. The van der Waals surface area contributed by atoms with Gasteiger partial charge in [0.1, 0.15) is 10.7 Å². The molecular formula is C11H14N4O2S2. The summed E-state index contributed by atoms with van der Waals surface area (Å²) in [6.45, 7) is 2.18. The Morgan fingerprint density at radius 2 is 2.26 bits per heavy atom. The number of thiazole rings is 1. The molecule has 0 aliphatic rings. The number of nitrogen functional groups attached to an aromatic ring is 1. The summed E-state index contributed by atoms with van der Waals surface area (Å²) in [7, 11) is -3.61. The van der Waals surface area contributed by atoms with Crippen LogP contribution in [0.15, 0.2) is 28.6 Å². The number of aromatic nitrogens is 2. The fourth-order valence-corrected chi connectivity index (χ4v) is 3.41. The standard InChI is InChI=1S/C11H14N4O2S2/c1-8-7-18-10(15-8)4-6-14-19(16,17)9-3-2-5-13-11(9)12/h2-3,5,7,14H,4,6H2,1H3,(H2,12,13). The third-order valence-corrected chi connectivity index (χ3v) is 4.92. The number of pyridine rings is 1. The quantitative estimate of drug-likeness (QED) is 0.856. The van der Waals surface area contributed by atoms with Gasteiger partial charge in [-0.2, -0.15) is 0 Å². The second-order valence-corrected chi connectivity index (χ2v) is 6.60. The van der Waals surface area contributed by atoms with Gasteiger partial charge in [-0.05, 0) is 19.1 Å². The van der Waals surface area contributed by atoms with Crippen molar-refractivity contribution < 1.29 is 8.42 Å². The summed E-state index contributed by atoms with van der Waals surface area (Å²) in [5.41, 5.74) is 6.50. The first-order chi connectivity index (χ1) is 8.99. The van der Waals surface area contributed by atoms with E-state index in [4.69, 9.17) is 5.73 Å². The molecule has 0 radical (unpaired) electrons. The van der Waals surface area contributed by atoms with Gasteiger partial charge in [-0.3, -0.25) is 0 Å². The van der Waals surface area contributed by atoms with Crippen molar-refractivity contribution >= 4 is 27.2 Å². The molecule has 2 aromatic heterocycles. The monoisotopic (exact) mass is 298 g/mol. The van der Waals surface area contributed by atoms with Crippen LogP contribution in [0.1, 0.15) is 10.7 Å². The molecule has 8 heteroatoms. The highest BCUT2D eigenvalue weighted by molar-refractivity contribution is 7.89. The normalized spacial score (nSPS) is 11.6. The zero-order chi connectivity index (χ0) is 13.9. The zero-order valence-corrected chi connectivity index (χ0v) is 12.0. The van der Waals surface area contributed by atoms with Gasteiger partial charge in [0.05, 0.1) is 5.01 Å². The van der Waals surface area contributed by atoms with Gasteiger partial charge in [0.25, 0.3) is 0 Å². The van der Waals surface area contributed by atoms with Crippen LogP contribution in [-0.4, -0.2) is 24.9 Å². The Labute approximate surface area is 115 Å². The first kappa shape index (κ1) is 13.9. The smallest absolute Gasteiger partial charge is 0.244 e. The van der Waals surface area contributed by atoms with E-state index in [-0.39, 0.29) is 17.3 Å². The van der Waals surface area contributed by atoms with Crippen LogP contribution in [-0.2, 0) is 16.4 Å². The molecule has 2 rings (SSSR count). The first-order valence-corrected chi connectivity index (χ1v) is 7.96. The molecule has 0 spiro atoms. The van der Waals surface area contributed by atoms with Crippen molar-refractivity contribution in [2.24, 2.45) is 0 Å². The fourth-order valence-electron chi connectivity index (χ4n) is 1.52. The molecule has 0 fully saturated rings. The molecule has 0 aromatic carbocycles. The maximum atomic E-state index is 12.0. The molecule has 3 N–H and O–H groups in total. The third kappa shape index (κ3) is 3.49. The minimum Gasteiger partial charge on any atom is -0.383 e. The van der Waals surface area contributed by atoms with Gasteiger partial charge in [-0.25, -0.2) is 23.1 Å². The van der Waals surface area contributed by atoms with E-state index in [1.54, 1.807) is 0 Å². The molecule has 2 aromatic rings. The van der Waals surface area contributed by atoms with Crippen molar-refractivity contribution in [3.63, 3.8) is 0 Å². The molecule has 2 heterocycles. The summed E-state index contributed by atoms with van der Waals surface area (Å²) in [5.74, 6) is 0.0000862. The molecule has 0 unspecified atom stereocenters. The minimum atomic E-state index is -3.61. The Bertz CT molecular complexity index is 667. The number of rotatable bonds is 5. The number of sulfonamides is 1. The van der Waals surface area contributed by atoms with Crippen LogP contribution in [0.4, 0.5) is 5.82 Å². The van der Waals surface area contributed by atoms with Crippen molar-refractivity contribution in [3.8, 4) is 0 Å². The van der Waals surface area contributed by atoms with Gasteiger partial charge in [-0.15, -0.1) is 11.3 Å². The lowest BCUT2D eigenvalue weighted by molar-refractivity contribution is 0.581. The van der Waals surface area contributed by atoms with E-state index < -0.39 is 10.0 Å². The first-order valence-electron chi connectivity index (χ1n) is 5.60. The summed E-state index contributed by atoms with van der Waals surface area (Å²) >= 11 is 1.52. The number of nitrogens with zero attached hydrogens (tertiary/aromatic N) is 2. The molecule has 0 amide bonds. The number of nitrogens with two attached hydrogens (primary N) is 1. The maximum absolute atomic E-state index is 12.0. The maximum Gasteiger partial charge on any atom is 0.244 e.